The number of amides is 2. The monoisotopic (exact) mass is 271 g/mol. The molecular formula is C14H13N3O3. The highest BCUT2D eigenvalue weighted by Crippen LogP contribution is 2.48. The Morgan fingerprint density at radius 3 is 2.95 bits per heavy atom. The first-order valence-electron chi connectivity index (χ1n) is 6.25. The van der Waals surface area contributed by atoms with E-state index in [1.165, 1.54) is 18.5 Å². The Kier molecular flexibility index (Phi) is 2.98. The Morgan fingerprint density at radius 1 is 1.40 bits per heavy atom. The van der Waals surface area contributed by atoms with Crippen LogP contribution in [0.2, 0.25) is 0 Å². The fourth-order valence-corrected chi connectivity index (χ4v) is 2.24. The van der Waals surface area contributed by atoms with Crippen molar-refractivity contribution in [3.8, 4) is 0 Å². The van der Waals surface area contributed by atoms with E-state index < -0.39 is 5.91 Å². The van der Waals surface area contributed by atoms with Crippen LogP contribution in [0.1, 0.15) is 28.5 Å². The number of carbonyl (C=O) groups is 2. The van der Waals surface area contributed by atoms with Crippen molar-refractivity contribution >= 4 is 17.5 Å². The molecule has 0 aliphatic heterocycles. The van der Waals surface area contributed by atoms with E-state index in [1.54, 1.807) is 12.3 Å². The number of hydrogen-bond acceptors (Lipinski definition) is 4. The van der Waals surface area contributed by atoms with Crippen molar-refractivity contribution < 1.29 is 14.0 Å². The molecule has 102 valence electrons. The van der Waals surface area contributed by atoms with E-state index in [0.29, 0.717) is 5.69 Å². The lowest BCUT2D eigenvalue weighted by Gasteiger charge is -2.07. The summed E-state index contributed by atoms with van der Waals surface area (Å²) in [5, 5.41) is 2.70. The summed E-state index contributed by atoms with van der Waals surface area (Å²) in [4.78, 5) is 27.3. The summed E-state index contributed by atoms with van der Waals surface area (Å²) in [7, 11) is 0. The highest BCUT2D eigenvalue weighted by molar-refractivity contribution is 6.03. The molecular weight excluding hydrogens is 258 g/mol. The smallest absolute Gasteiger partial charge is 0.250 e. The number of primary amides is 1. The van der Waals surface area contributed by atoms with E-state index in [2.05, 4.69) is 10.3 Å². The minimum atomic E-state index is -0.596. The van der Waals surface area contributed by atoms with Gasteiger partial charge in [-0.25, -0.2) is 0 Å². The van der Waals surface area contributed by atoms with Gasteiger partial charge in [0.05, 0.1) is 23.7 Å². The van der Waals surface area contributed by atoms with Gasteiger partial charge in [-0.05, 0) is 24.6 Å². The highest BCUT2D eigenvalue weighted by Gasteiger charge is 2.46. The number of carbonyl (C=O) groups excluding carboxylic acids is 2. The van der Waals surface area contributed by atoms with Gasteiger partial charge in [0, 0.05) is 18.0 Å². The summed E-state index contributed by atoms with van der Waals surface area (Å²) >= 11 is 0. The summed E-state index contributed by atoms with van der Waals surface area (Å²) in [6, 6.07) is 5.14. The Balaban J connectivity index is 1.70. The van der Waals surface area contributed by atoms with Gasteiger partial charge in [-0.2, -0.15) is 0 Å². The summed E-state index contributed by atoms with van der Waals surface area (Å²) in [5.41, 5.74) is 5.85. The van der Waals surface area contributed by atoms with Crippen molar-refractivity contribution in [2.24, 2.45) is 11.7 Å². The molecule has 0 aromatic carbocycles. The van der Waals surface area contributed by atoms with Crippen LogP contribution < -0.4 is 11.1 Å². The fraction of sp³-hybridized carbons (Fsp3) is 0.214. The molecule has 3 N–H and O–H groups in total. The average molecular weight is 271 g/mol. The second-order valence-corrected chi connectivity index (χ2v) is 4.74. The first kappa shape index (κ1) is 12.4. The van der Waals surface area contributed by atoms with Crippen LogP contribution in [0.25, 0.3) is 0 Å². The van der Waals surface area contributed by atoms with Gasteiger partial charge < -0.3 is 15.5 Å². The molecule has 2 amide bonds. The molecule has 2 atom stereocenters. The van der Waals surface area contributed by atoms with Crippen LogP contribution >= 0.6 is 0 Å². The minimum Gasteiger partial charge on any atom is -0.469 e. The number of nitrogens with one attached hydrogen (secondary N) is 1. The maximum absolute atomic E-state index is 12.1. The predicted molar refractivity (Wildman–Crippen MR) is 70.9 cm³/mol. The Bertz CT molecular complexity index is 651. The average Bonchev–Trinajstić information content (AvgIpc) is 3.05. The van der Waals surface area contributed by atoms with Gasteiger partial charge in [0.15, 0.2) is 0 Å². The molecule has 6 heteroatoms. The molecule has 1 aliphatic carbocycles. The highest BCUT2D eigenvalue weighted by atomic mass is 16.3. The van der Waals surface area contributed by atoms with Gasteiger partial charge in [-0.15, -0.1) is 0 Å². The lowest BCUT2D eigenvalue weighted by atomic mass is 10.2. The van der Waals surface area contributed by atoms with Crippen LogP contribution in [0.3, 0.4) is 0 Å². The maximum atomic E-state index is 12.1. The summed E-state index contributed by atoms with van der Waals surface area (Å²) in [6.07, 6.45) is 5.21. The summed E-state index contributed by atoms with van der Waals surface area (Å²) in [6.45, 7) is 0. The zero-order valence-electron chi connectivity index (χ0n) is 10.6. The van der Waals surface area contributed by atoms with E-state index in [0.717, 1.165) is 12.2 Å². The molecule has 3 rings (SSSR count). The molecule has 0 saturated heterocycles. The molecule has 0 radical (unpaired) electrons. The van der Waals surface area contributed by atoms with Gasteiger partial charge in [0.25, 0.3) is 5.91 Å². The first-order chi connectivity index (χ1) is 9.66. The second-order valence-electron chi connectivity index (χ2n) is 4.74. The number of nitrogens with zero attached hydrogens (tertiary/aromatic N) is 1. The fourth-order valence-electron chi connectivity index (χ4n) is 2.24. The lowest BCUT2D eigenvalue weighted by molar-refractivity contribution is -0.117. The van der Waals surface area contributed by atoms with Gasteiger partial charge in [0.1, 0.15) is 5.76 Å². The molecule has 2 heterocycles. The van der Waals surface area contributed by atoms with Crippen molar-refractivity contribution in [3.05, 3.63) is 48.2 Å². The molecule has 6 nitrogen and oxygen atoms in total. The molecule has 0 unspecified atom stereocenters. The van der Waals surface area contributed by atoms with E-state index in [9.17, 15) is 9.59 Å². The molecule has 20 heavy (non-hydrogen) atoms. The molecule has 2 aromatic rings. The van der Waals surface area contributed by atoms with E-state index in [1.807, 2.05) is 6.07 Å². The standard InChI is InChI=1S/C14H13N3O3/c15-13(18)8-3-4-16-7-11(8)17-14(19)10-6-9(10)12-2-1-5-20-12/h1-5,7,9-10H,6H2,(H2,15,18)(H,17,19)/t9-,10+/m1/s1. The van der Waals surface area contributed by atoms with Crippen LogP contribution in [0.15, 0.2) is 41.3 Å². The largest absolute Gasteiger partial charge is 0.469 e. The normalized spacial score (nSPS) is 20.4. The van der Waals surface area contributed by atoms with E-state index in [-0.39, 0.29) is 23.3 Å². The maximum Gasteiger partial charge on any atom is 0.250 e. The zero-order valence-corrected chi connectivity index (χ0v) is 10.6. The van der Waals surface area contributed by atoms with Gasteiger partial charge in [-0.1, -0.05) is 0 Å². The molecule has 0 bridgehead atoms. The Morgan fingerprint density at radius 2 is 2.25 bits per heavy atom. The van der Waals surface area contributed by atoms with Crippen LogP contribution in [0, 0.1) is 5.92 Å². The van der Waals surface area contributed by atoms with Crippen molar-refractivity contribution in [2.75, 3.05) is 5.32 Å². The molecule has 2 aromatic heterocycles. The Labute approximate surface area is 115 Å². The number of hydrogen-bond donors (Lipinski definition) is 2. The number of nitrogens with two attached hydrogens (primary N) is 1. The Hall–Kier alpha value is -2.63. The number of rotatable bonds is 4. The minimum absolute atomic E-state index is 0.110. The number of aromatic nitrogens is 1. The second kappa shape index (κ2) is 4.80. The van der Waals surface area contributed by atoms with Crippen LogP contribution in [0.5, 0.6) is 0 Å². The van der Waals surface area contributed by atoms with E-state index in [4.69, 9.17) is 10.2 Å². The quantitative estimate of drug-likeness (QED) is 0.880. The molecule has 1 saturated carbocycles. The van der Waals surface area contributed by atoms with Crippen molar-refractivity contribution in [1.82, 2.24) is 4.98 Å². The number of anilines is 1. The number of pyridine rings is 1. The third-order valence-corrected chi connectivity index (χ3v) is 3.38. The molecule has 1 aliphatic rings. The van der Waals surface area contributed by atoms with Crippen molar-refractivity contribution in [3.63, 3.8) is 0 Å². The number of furan rings is 1. The molecule has 1 fully saturated rings. The van der Waals surface area contributed by atoms with Gasteiger partial charge in [-0.3, -0.25) is 14.6 Å². The van der Waals surface area contributed by atoms with Gasteiger partial charge in [0.2, 0.25) is 5.91 Å². The van der Waals surface area contributed by atoms with E-state index >= 15 is 0 Å². The zero-order chi connectivity index (χ0) is 14.1. The van der Waals surface area contributed by atoms with Gasteiger partial charge >= 0.3 is 0 Å². The predicted octanol–water partition coefficient (Wildman–Crippen LogP) is 1.52. The molecule has 0 spiro atoms. The van der Waals surface area contributed by atoms with Crippen molar-refractivity contribution in [2.45, 2.75) is 12.3 Å². The SMILES string of the molecule is NC(=O)c1ccncc1NC(=O)[C@H]1C[C@H]1c1ccco1. The topological polar surface area (TPSA) is 98.2 Å². The first-order valence-corrected chi connectivity index (χ1v) is 6.25. The van der Waals surface area contributed by atoms with Crippen molar-refractivity contribution in [1.29, 1.82) is 0 Å². The third-order valence-electron chi connectivity index (χ3n) is 3.38. The summed E-state index contributed by atoms with van der Waals surface area (Å²) < 4.78 is 5.28. The van der Waals surface area contributed by atoms with Crippen LogP contribution in [0.4, 0.5) is 5.69 Å². The summed E-state index contributed by atoms with van der Waals surface area (Å²) in [5.74, 6) is 0.0372. The third kappa shape index (κ3) is 2.27. The lowest BCUT2D eigenvalue weighted by Crippen LogP contribution is -2.19. The van der Waals surface area contributed by atoms with Crippen LogP contribution in [-0.2, 0) is 4.79 Å². The van der Waals surface area contributed by atoms with Crippen LogP contribution in [-0.4, -0.2) is 16.8 Å².